The zero-order valence-electron chi connectivity index (χ0n) is 18.2. The van der Waals surface area contributed by atoms with Crippen molar-refractivity contribution in [3.63, 3.8) is 0 Å². The van der Waals surface area contributed by atoms with E-state index < -0.39 is 0 Å². The van der Waals surface area contributed by atoms with Crippen molar-refractivity contribution < 1.29 is 4.79 Å². The lowest BCUT2D eigenvalue weighted by atomic mass is 10.1. The van der Waals surface area contributed by atoms with Crippen LogP contribution in [0.2, 0.25) is 0 Å². The van der Waals surface area contributed by atoms with Crippen LogP contribution in [0.15, 0.2) is 53.7 Å². The minimum Gasteiger partial charge on any atom is -0.381 e. The predicted octanol–water partition coefficient (Wildman–Crippen LogP) is 2.99. The normalized spacial score (nSPS) is 13.8. The third-order valence-electron chi connectivity index (χ3n) is 4.68. The lowest BCUT2D eigenvalue weighted by Gasteiger charge is -2.25. The molecule has 1 aliphatic rings. The van der Waals surface area contributed by atoms with Gasteiger partial charge in [-0.3, -0.25) is 14.6 Å². The van der Waals surface area contributed by atoms with Gasteiger partial charge in [-0.25, -0.2) is 0 Å². The van der Waals surface area contributed by atoms with E-state index in [2.05, 4.69) is 15.3 Å². The predicted molar refractivity (Wildman–Crippen MR) is 123 cm³/mol. The van der Waals surface area contributed by atoms with E-state index in [0.717, 1.165) is 50.1 Å². The van der Waals surface area contributed by atoms with Gasteiger partial charge in [0.25, 0.3) is 5.56 Å². The highest BCUT2D eigenvalue weighted by Gasteiger charge is 2.13. The Morgan fingerprint density at radius 2 is 1.90 bits per heavy atom. The third-order valence-corrected chi connectivity index (χ3v) is 4.68. The number of carbonyl (C=O) groups is 1. The van der Waals surface area contributed by atoms with Gasteiger partial charge in [0, 0.05) is 56.4 Å². The zero-order valence-corrected chi connectivity index (χ0v) is 18.2. The molecule has 0 radical (unpaired) electrons. The van der Waals surface area contributed by atoms with Crippen molar-refractivity contribution in [1.29, 1.82) is 0 Å². The van der Waals surface area contributed by atoms with Gasteiger partial charge < -0.3 is 20.1 Å². The Bertz CT molecular complexity index is 855. The molecule has 0 saturated carbocycles. The standard InChI is InChI=1S/C12H13N3O.C11H20N2O/c1-2-14-11-7-10(8-15-12(11)16)9-3-5-13-6-4-9;1-12(2)8-6-7-11(14)13-9-4-3-5-10-13/h3-8,14H,2H2,1H3,(H,15,16);6-7H,3-5,8-10H2,1-2H3/b;7-6+. The number of carbonyl (C=O) groups excluding carboxylic acids is 1. The average Bonchev–Trinajstić information content (AvgIpc) is 2.77. The van der Waals surface area contributed by atoms with Gasteiger partial charge in [0.05, 0.1) is 0 Å². The number of pyridine rings is 2. The van der Waals surface area contributed by atoms with Gasteiger partial charge >= 0.3 is 0 Å². The maximum Gasteiger partial charge on any atom is 0.271 e. The molecule has 0 spiro atoms. The van der Waals surface area contributed by atoms with Crippen LogP contribution in [0.25, 0.3) is 11.1 Å². The first-order valence-corrected chi connectivity index (χ1v) is 10.5. The number of hydrogen-bond donors (Lipinski definition) is 2. The summed E-state index contributed by atoms with van der Waals surface area (Å²) < 4.78 is 0. The molecule has 3 rings (SSSR count). The highest BCUT2D eigenvalue weighted by Crippen LogP contribution is 2.18. The summed E-state index contributed by atoms with van der Waals surface area (Å²) in [4.78, 5) is 33.7. The summed E-state index contributed by atoms with van der Waals surface area (Å²) in [6.07, 6.45) is 12.4. The minimum atomic E-state index is -0.0975. The summed E-state index contributed by atoms with van der Waals surface area (Å²) in [5.74, 6) is 0.173. The molecule has 1 aliphatic heterocycles. The van der Waals surface area contributed by atoms with Gasteiger partial charge in [0.1, 0.15) is 5.69 Å². The van der Waals surface area contributed by atoms with Crippen LogP contribution in [0.5, 0.6) is 0 Å². The monoisotopic (exact) mass is 411 g/mol. The van der Waals surface area contributed by atoms with E-state index in [9.17, 15) is 9.59 Å². The largest absolute Gasteiger partial charge is 0.381 e. The second kappa shape index (κ2) is 12.6. The van der Waals surface area contributed by atoms with E-state index in [-0.39, 0.29) is 11.5 Å². The fourth-order valence-electron chi connectivity index (χ4n) is 3.10. The molecule has 0 aromatic carbocycles. The second-order valence-electron chi connectivity index (χ2n) is 7.45. The molecule has 0 unspecified atom stereocenters. The van der Waals surface area contributed by atoms with Crippen molar-refractivity contribution in [2.75, 3.05) is 45.6 Å². The Hall–Kier alpha value is -2.93. The van der Waals surface area contributed by atoms with Crippen LogP contribution in [0, 0.1) is 0 Å². The Kier molecular flexibility index (Phi) is 9.80. The van der Waals surface area contributed by atoms with Gasteiger partial charge in [-0.2, -0.15) is 0 Å². The molecule has 0 atom stereocenters. The van der Waals surface area contributed by atoms with Crippen LogP contribution < -0.4 is 10.9 Å². The molecule has 7 nitrogen and oxygen atoms in total. The van der Waals surface area contributed by atoms with Crippen LogP contribution in [0.4, 0.5) is 5.69 Å². The van der Waals surface area contributed by atoms with Gasteiger partial charge in [0.2, 0.25) is 5.91 Å². The quantitative estimate of drug-likeness (QED) is 0.714. The molecule has 2 aromatic heterocycles. The molecule has 0 bridgehead atoms. The number of anilines is 1. The van der Waals surface area contributed by atoms with E-state index in [0.29, 0.717) is 5.69 Å². The van der Waals surface area contributed by atoms with Crippen molar-refractivity contribution in [3.8, 4) is 11.1 Å². The molecule has 2 aromatic rings. The van der Waals surface area contributed by atoms with Gasteiger partial charge in [-0.05, 0) is 64.0 Å². The Balaban J connectivity index is 0.000000216. The summed E-state index contributed by atoms with van der Waals surface area (Å²) in [6.45, 7) is 5.39. The van der Waals surface area contributed by atoms with Crippen molar-refractivity contribution in [2.24, 2.45) is 0 Å². The molecular weight excluding hydrogens is 378 g/mol. The minimum absolute atomic E-state index is 0.0975. The SMILES string of the molecule is CCNc1cc(-c2ccncc2)c[nH]c1=O.CN(C)C/C=C/C(=O)N1CCCCC1. The molecule has 7 heteroatoms. The number of likely N-dealkylation sites (tertiary alicyclic amines) is 1. The number of H-pyrrole nitrogens is 1. The van der Waals surface area contributed by atoms with Gasteiger partial charge in [-0.1, -0.05) is 6.08 Å². The molecule has 30 heavy (non-hydrogen) atoms. The number of hydrogen-bond acceptors (Lipinski definition) is 5. The molecule has 0 aliphatic carbocycles. The van der Waals surface area contributed by atoms with Crippen LogP contribution in [0.1, 0.15) is 26.2 Å². The lowest BCUT2D eigenvalue weighted by molar-refractivity contribution is -0.126. The number of aromatic nitrogens is 2. The maximum atomic E-state index is 11.6. The van der Waals surface area contributed by atoms with Crippen LogP contribution in [0.3, 0.4) is 0 Å². The summed E-state index contributed by atoms with van der Waals surface area (Å²) in [5.41, 5.74) is 2.50. The number of piperidine rings is 1. The highest BCUT2D eigenvalue weighted by atomic mass is 16.2. The molecular formula is C23H33N5O2. The van der Waals surface area contributed by atoms with Crippen molar-refractivity contribution in [1.82, 2.24) is 19.8 Å². The molecule has 162 valence electrons. The second-order valence-corrected chi connectivity index (χ2v) is 7.45. The van der Waals surface area contributed by atoms with Gasteiger partial charge in [-0.15, -0.1) is 0 Å². The van der Waals surface area contributed by atoms with E-state index >= 15 is 0 Å². The van der Waals surface area contributed by atoms with Gasteiger partial charge in [0.15, 0.2) is 0 Å². The summed E-state index contributed by atoms with van der Waals surface area (Å²) in [7, 11) is 3.99. The molecule has 1 saturated heterocycles. The van der Waals surface area contributed by atoms with E-state index in [1.54, 1.807) is 24.7 Å². The highest BCUT2D eigenvalue weighted by molar-refractivity contribution is 5.87. The average molecular weight is 412 g/mol. The van der Waals surface area contributed by atoms with E-state index in [4.69, 9.17) is 0 Å². The van der Waals surface area contributed by atoms with Crippen molar-refractivity contribution in [3.05, 3.63) is 59.3 Å². The van der Waals surface area contributed by atoms with E-state index in [1.807, 2.05) is 55.1 Å². The number of nitrogens with zero attached hydrogens (tertiary/aromatic N) is 3. The van der Waals surface area contributed by atoms with Crippen LogP contribution >= 0.6 is 0 Å². The Morgan fingerprint density at radius 3 is 2.53 bits per heavy atom. The maximum absolute atomic E-state index is 11.6. The number of rotatable bonds is 6. The number of aromatic amines is 1. The third kappa shape index (κ3) is 7.83. The topological polar surface area (TPSA) is 81.3 Å². The molecule has 2 N–H and O–H groups in total. The molecule has 3 heterocycles. The van der Waals surface area contributed by atoms with Crippen LogP contribution in [-0.2, 0) is 4.79 Å². The number of nitrogens with one attached hydrogen (secondary N) is 2. The zero-order chi connectivity index (χ0) is 21.8. The summed E-state index contributed by atoms with van der Waals surface area (Å²) >= 11 is 0. The summed E-state index contributed by atoms with van der Waals surface area (Å²) in [5, 5.41) is 3.03. The molecule has 1 fully saturated rings. The molecule has 1 amide bonds. The smallest absolute Gasteiger partial charge is 0.271 e. The van der Waals surface area contributed by atoms with Crippen molar-refractivity contribution in [2.45, 2.75) is 26.2 Å². The lowest BCUT2D eigenvalue weighted by Crippen LogP contribution is -2.34. The van der Waals surface area contributed by atoms with E-state index in [1.165, 1.54) is 6.42 Å². The van der Waals surface area contributed by atoms with Crippen molar-refractivity contribution >= 4 is 11.6 Å². The number of likely N-dealkylation sites (N-methyl/N-ethyl adjacent to an activating group) is 1. The van der Waals surface area contributed by atoms with Crippen LogP contribution in [-0.4, -0.2) is 65.9 Å². The Labute approximate surface area is 178 Å². The first kappa shape index (κ1) is 23.3. The fourth-order valence-corrected chi connectivity index (χ4v) is 3.10. The Morgan fingerprint density at radius 1 is 1.20 bits per heavy atom. The first-order chi connectivity index (χ1) is 14.5. The first-order valence-electron chi connectivity index (χ1n) is 10.5. The fraction of sp³-hybridized carbons (Fsp3) is 0.435. The summed E-state index contributed by atoms with van der Waals surface area (Å²) in [6, 6.07) is 5.66. The number of amides is 1.